The van der Waals surface area contributed by atoms with Crippen LogP contribution < -0.4 is 5.32 Å². The van der Waals surface area contributed by atoms with Crippen LogP contribution in [0.15, 0.2) is 18.2 Å². The quantitative estimate of drug-likeness (QED) is 0.683. The molecule has 0 aromatic heterocycles. The fraction of sp³-hybridized carbons (Fsp3) is 0.273. The van der Waals surface area contributed by atoms with Gasteiger partial charge in [-0.2, -0.15) is 13.2 Å². The van der Waals surface area contributed by atoms with Gasteiger partial charge >= 0.3 is 12.1 Å². The van der Waals surface area contributed by atoms with Gasteiger partial charge in [-0.25, -0.2) is 9.18 Å². The Morgan fingerprint density at radius 3 is 2.47 bits per heavy atom. The van der Waals surface area contributed by atoms with Gasteiger partial charge in [0.15, 0.2) is 6.61 Å². The highest BCUT2D eigenvalue weighted by Crippen LogP contribution is 2.19. The van der Waals surface area contributed by atoms with E-state index in [0.717, 1.165) is 18.2 Å². The van der Waals surface area contributed by atoms with Crippen molar-refractivity contribution in [2.24, 2.45) is 0 Å². The topological polar surface area (TPSA) is 55.4 Å². The minimum Gasteiger partial charge on any atom is -0.452 e. The van der Waals surface area contributed by atoms with Crippen LogP contribution in [0.4, 0.5) is 23.2 Å². The molecule has 8 heteroatoms. The molecule has 0 saturated heterocycles. The Bertz CT molecular complexity index is 499. The Morgan fingerprint density at radius 2 is 1.95 bits per heavy atom. The van der Waals surface area contributed by atoms with E-state index in [4.69, 9.17) is 0 Å². The van der Waals surface area contributed by atoms with Crippen molar-refractivity contribution in [1.82, 2.24) is 0 Å². The second kappa shape index (κ2) is 5.68. The first-order valence-corrected chi connectivity index (χ1v) is 5.00. The van der Waals surface area contributed by atoms with Crippen LogP contribution in [-0.2, 0) is 9.53 Å². The summed E-state index contributed by atoms with van der Waals surface area (Å²) in [7, 11) is 0. The molecule has 0 unspecified atom stereocenters. The molecule has 19 heavy (non-hydrogen) atoms. The van der Waals surface area contributed by atoms with Crippen LogP contribution in [0.1, 0.15) is 17.3 Å². The van der Waals surface area contributed by atoms with Gasteiger partial charge in [0.2, 0.25) is 5.91 Å². The molecule has 0 aliphatic heterocycles. The van der Waals surface area contributed by atoms with Crippen molar-refractivity contribution in [2.45, 2.75) is 13.1 Å². The molecule has 4 nitrogen and oxygen atoms in total. The average Bonchev–Trinajstić information content (AvgIpc) is 2.27. The lowest BCUT2D eigenvalue weighted by Gasteiger charge is -2.09. The largest absolute Gasteiger partial charge is 0.452 e. The zero-order valence-corrected chi connectivity index (χ0v) is 9.68. The number of nitrogens with one attached hydrogen (secondary N) is 1. The number of rotatable bonds is 3. The molecule has 0 bridgehead atoms. The van der Waals surface area contributed by atoms with Gasteiger partial charge in [0.1, 0.15) is 5.82 Å². The second-order valence-electron chi connectivity index (χ2n) is 3.57. The van der Waals surface area contributed by atoms with E-state index in [2.05, 4.69) is 10.1 Å². The molecule has 0 atom stereocenters. The number of esters is 1. The van der Waals surface area contributed by atoms with Crippen molar-refractivity contribution >= 4 is 17.6 Å². The molecular formula is C11H9F4NO3. The van der Waals surface area contributed by atoms with Crippen molar-refractivity contribution in [2.75, 3.05) is 11.9 Å². The monoisotopic (exact) mass is 279 g/mol. The highest BCUT2D eigenvalue weighted by atomic mass is 19.4. The Morgan fingerprint density at radius 1 is 1.32 bits per heavy atom. The number of alkyl halides is 3. The zero-order chi connectivity index (χ0) is 14.6. The van der Waals surface area contributed by atoms with Crippen molar-refractivity contribution < 1.29 is 31.9 Å². The molecule has 1 amide bonds. The van der Waals surface area contributed by atoms with E-state index >= 15 is 0 Å². The summed E-state index contributed by atoms with van der Waals surface area (Å²) in [6.45, 7) is -0.624. The van der Waals surface area contributed by atoms with Gasteiger partial charge in [-0.05, 0) is 18.2 Å². The number of halogens is 4. The molecule has 0 aliphatic rings. The van der Waals surface area contributed by atoms with Crippen LogP contribution in [0.5, 0.6) is 0 Å². The Kier molecular flexibility index (Phi) is 4.47. The molecule has 0 heterocycles. The van der Waals surface area contributed by atoms with Crippen molar-refractivity contribution in [3.63, 3.8) is 0 Å². The SMILES string of the molecule is CC(=O)Nc1ccc(F)c(C(=O)OCC(F)(F)F)c1. The normalized spacial score (nSPS) is 11.0. The summed E-state index contributed by atoms with van der Waals surface area (Å²) in [5, 5.41) is 2.26. The summed E-state index contributed by atoms with van der Waals surface area (Å²) >= 11 is 0. The third kappa shape index (κ3) is 4.94. The standard InChI is InChI=1S/C11H9F4NO3/c1-6(17)16-7-2-3-9(12)8(4-7)10(18)19-5-11(13,14)15/h2-4H,5H2,1H3,(H,16,17). The molecular weight excluding hydrogens is 270 g/mol. The van der Waals surface area contributed by atoms with E-state index in [9.17, 15) is 27.2 Å². The molecule has 104 valence electrons. The second-order valence-corrected chi connectivity index (χ2v) is 3.57. The van der Waals surface area contributed by atoms with Gasteiger partial charge in [-0.3, -0.25) is 4.79 Å². The van der Waals surface area contributed by atoms with Crippen molar-refractivity contribution in [3.05, 3.63) is 29.6 Å². The van der Waals surface area contributed by atoms with E-state index in [0.29, 0.717) is 0 Å². The molecule has 1 aromatic rings. The third-order valence-electron chi connectivity index (χ3n) is 1.87. The van der Waals surface area contributed by atoms with Crippen molar-refractivity contribution in [3.8, 4) is 0 Å². The Hall–Kier alpha value is -2.12. The van der Waals surface area contributed by atoms with Crippen LogP contribution >= 0.6 is 0 Å². The number of carbonyl (C=O) groups is 2. The summed E-state index contributed by atoms with van der Waals surface area (Å²) in [5.74, 6) is -2.97. The minimum absolute atomic E-state index is 0.0767. The van der Waals surface area contributed by atoms with Crippen LogP contribution in [0.3, 0.4) is 0 Å². The Labute approximate surface area is 105 Å². The van der Waals surface area contributed by atoms with E-state index < -0.39 is 36.0 Å². The van der Waals surface area contributed by atoms with E-state index in [1.807, 2.05) is 0 Å². The number of ether oxygens (including phenoxy) is 1. The number of anilines is 1. The molecule has 0 spiro atoms. The number of carbonyl (C=O) groups excluding carboxylic acids is 2. The molecule has 1 N–H and O–H groups in total. The fourth-order valence-corrected chi connectivity index (χ4v) is 1.19. The zero-order valence-electron chi connectivity index (χ0n) is 9.68. The predicted octanol–water partition coefficient (Wildman–Crippen LogP) is 2.50. The first-order chi connectivity index (χ1) is 8.69. The summed E-state index contributed by atoms with van der Waals surface area (Å²) in [6, 6.07) is 2.90. The minimum atomic E-state index is -4.69. The molecule has 1 rings (SSSR count). The van der Waals surface area contributed by atoms with Crippen molar-refractivity contribution in [1.29, 1.82) is 0 Å². The average molecular weight is 279 g/mol. The Balaban J connectivity index is 2.86. The first kappa shape index (κ1) is 14.9. The first-order valence-electron chi connectivity index (χ1n) is 5.00. The highest BCUT2D eigenvalue weighted by molar-refractivity contribution is 5.93. The lowest BCUT2D eigenvalue weighted by Crippen LogP contribution is -2.21. The lowest BCUT2D eigenvalue weighted by atomic mass is 10.2. The predicted molar refractivity (Wildman–Crippen MR) is 57.0 cm³/mol. The third-order valence-corrected chi connectivity index (χ3v) is 1.87. The maximum Gasteiger partial charge on any atom is 0.422 e. The smallest absolute Gasteiger partial charge is 0.422 e. The van der Waals surface area contributed by atoms with Crippen LogP contribution in [0.2, 0.25) is 0 Å². The van der Waals surface area contributed by atoms with Gasteiger partial charge in [-0.15, -0.1) is 0 Å². The molecule has 0 fully saturated rings. The van der Waals surface area contributed by atoms with Crippen LogP contribution in [0, 0.1) is 5.82 Å². The molecule has 0 radical (unpaired) electrons. The molecule has 1 aromatic carbocycles. The van der Waals surface area contributed by atoms with Gasteiger partial charge in [0.25, 0.3) is 0 Å². The number of hydrogen-bond acceptors (Lipinski definition) is 3. The summed E-state index contributed by atoms with van der Waals surface area (Å²) in [4.78, 5) is 22.0. The summed E-state index contributed by atoms with van der Waals surface area (Å²) in [6.07, 6.45) is -4.69. The lowest BCUT2D eigenvalue weighted by molar-refractivity contribution is -0.161. The number of benzene rings is 1. The van der Waals surface area contributed by atoms with Crippen LogP contribution in [-0.4, -0.2) is 24.7 Å². The van der Waals surface area contributed by atoms with Gasteiger partial charge < -0.3 is 10.1 Å². The number of amides is 1. The van der Waals surface area contributed by atoms with E-state index in [1.54, 1.807) is 0 Å². The summed E-state index contributed by atoms with van der Waals surface area (Å²) < 4.78 is 52.8. The van der Waals surface area contributed by atoms with E-state index in [-0.39, 0.29) is 5.69 Å². The number of hydrogen-bond donors (Lipinski definition) is 1. The highest BCUT2D eigenvalue weighted by Gasteiger charge is 2.30. The van der Waals surface area contributed by atoms with Gasteiger partial charge in [0.05, 0.1) is 5.56 Å². The maximum atomic E-state index is 13.3. The van der Waals surface area contributed by atoms with Crippen LogP contribution in [0.25, 0.3) is 0 Å². The fourth-order valence-electron chi connectivity index (χ4n) is 1.19. The maximum absolute atomic E-state index is 13.3. The van der Waals surface area contributed by atoms with Gasteiger partial charge in [0, 0.05) is 12.6 Å². The molecule has 0 saturated carbocycles. The summed E-state index contributed by atoms with van der Waals surface area (Å²) in [5.41, 5.74) is -0.608. The molecule has 0 aliphatic carbocycles. The van der Waals surface area contributed by atoms with E-state index in [1.165, 1.54) is 6.92 Å². The van der Waals surface area contributed by atoms with Gasteiger partial charge in [-0.1, -0.05) is 0 Å².